The molecule has 3 aromatic rings. The molecule has 2 aromatic heterocycles. The van der Waals surface area contributed by atoms with E-state index in [4.69, 9.17) is 16.9 Å². The Morgan fingerprint density at radius 2 is 1.35 bits per heavy atom. The molecule has 17 N–H and O–H groups in total. The Kier molecular flexibility index (Phi) is 20.0. The first kappa shape index (κ1) is 52.2. The SMILES string of the molecule is CSC[C@H](NC(=O)[C@@H](CC(=O)O)NC(=O)[C@@H](CCCNC(=N)N)NC(=O)[C@@H](CC(=O)O)NC(=O)CC[C@@H](NC(=O)c1ccc(NCc2cnc3nc(N)[nH]c(=O)c3n2)cc1)C(=O)O)C(=O)O. The van der Waals surface area contributed by atoms with Gasteiger partial charge in [0.2, 0.25) is 29.6 Å². The number of carbonyl (C=O) groups excluding carboxylic acids is 5. The molecule has 0 aliphatic rings. The summed E-state index contributed by atoms with van der Waals surface area (Å²) < 4.78 is 0. The molecular formula is C37H48N14O14S. The van der Waals surface area contributed by atoms with Crippen LogP contribution in [0.5, 0.6) is 0 Å². The highest BCUT2D eigenvalue weighted by molar-refractivity contribution is 7.98. The Labute approximate surface area is 376 Å². The number of hydrogen-bond acceptors (Lipinski definition) is 17. The fourth-order valence-corrected chi connectivity index (χ4v) is 6.31. The molecule has 0 bridgehead atoms. The minimum Gasteiger partial charge on any atom is -0.481 e. The van der Waals surface area contributed by atoms with Crippen LogP contribution in [-0.4, -0.2) is 148 Å². The highest BCUT2D eigenvalue weighted by Crippen LogP contribution is 2.13. The molecule has 0 aliphatic heterocycles. The van der Waals surface area contributed by atoms with Crippen molar-refractivity contribution in [3.8, 4) is 0 Å². The van der Waals surface area contributed by atoms with Crippen LogP contribution in [0.4, 0.5) is 11.6 Å². The first-order valence-electron chi connectivity index (χ1n) is 19.5. The van der Waals surface area contributed by atoms with E-state index in [0.29, 0.717) is 11.4 Å². The number of rotatable bonds is 27. The summed E-state index contributed by atoms with van der Waals surface area (Å²) in [4.78, 5) is 140. The fourth-order valence-electron chi connectivity index (χ4n) is 5.75. The molecule has 28 nitrogen and oxygen atoms in total. The number of carboxylic acid groups (broad SMARTS) is 4. The summed E-state index contributed by atoms with van der Waals surface area (Å²) in [6, 6.07) is -2.71. The number of thioether (sulfide) groups is 1. The van der Waals surface area contributed by atoms with Crippen molar-refractivity contribution in [3.05, 3.63) is 52.1 Å². The van der Waals surface area contributed by atoms with Gasteiger partial charge < -0.3 is 69.1 Å². The summed E-state index contributed by atoms with van der Waals surface area (Å²) in [7, 11) is 0. The molecule has 66 heavy (non-hydrogen) atoms. The Morgan fingerprint density at radius 3 is 1.92 bits per heavy atom. The predicted molar refractivity (Wildman–Crippen MR) is 232 cm³/mol. The van der Waals surface area contributed by atoms with Gasteiger partial charge in [-0.25, -0.2) is 19.6 Å². The van der Waals surface area contributed by atoms with Crippen LogP contribution in [0, 0.1) is 5.41 Å². The van der Waals surface area contributed by atoms with E-state index in [1.54, 1.807) is 6.26 Å². The molecule has 29 heteroatoms. The van der Waals surface area contributed by atoms with Gasteiger partial charge in [-0.1, -0.05) is 0 Å². The second-order valence-corrected chi connectivity index (χ2v) is 15.0. The molecular weight excluding hydrogens is 897 g/mol. The van der Waals surface area contributed by atoms with E-state index in [9.17, 15) is 68.4 Å². The van der Waals surface area contributed by atoms with Crippen LogP contribution in [0.1, 0.15) is 54.6 Å². The number of H-pyrrole nitrogens is 1. The van der Waals surface area contributed by atoms with E-state index in [1.165, 1.54) is 30.5 Å². The number of fused-ring (bicyclic) bond motifs is 1. The maximum atomic E-state index is 13.5. The van der Waals surface area contributed by atoms with Crippen LogP contribution in [-0.2, 0) is 44.9 Å². The lowest BCUT2D eigenvalue weighted by Gasteiger charge is -2.25. The molecule has 0 saturated heterocycles. The average molecular weight is 945 g/mol. The van der Waals surface area contributed by atoms with Gasteiger partial charge in [0.15, 0.2) is 17.1 Å². The maximum absolute atomic E-state index is 13.5. The van der Waals surface area contributed by atoms with Crippen LogP contribution in [0.2, 0.25) is 0 Å². The van der Waals surface area contributed by atoms with Gasteiger partial charge in [0.1, 0.15) is 30.2 Å². The smallest absolute Gasteiger partial charge is 0.327 e. The number of nitrogens with zero attached hydrogens (tertiary/aromatic N) is 3. The van der Waals surface area contributed by atoms with Gasteiger partial charge in [-0.2, -0.15) is 16.7 Å². The summed E-state index contributed by atoms with van der Waals surface area (Å²) in [6.07, 6.45) is -0.587. The standard InChI is InChI=1S/C37H48N14O14S/c1-66-15-23(35(64)65)49-32(60)22(12-26(55)56)48-30(58)19(3-2-10-41-36(38)39)46-31(59)21(11-25(53)54)45-24(52)9-8-20(34(62)63)47-29(57)16-4-6-17(7-5-16)42-13-18-14-43-28-27(44-18)33(61)51-37(40)50-28/h4-7,14,19-23,42H,2-3,8-13,15H2,1H3,(H,45,52)(H,46,59)(H,47,57)(H,48,58)(H,49,60)(H,53,54)(H,55,56)(H,62,63)(H,64,65)(H4,38,39,41)(H3,40,43,50,51,61)/t19-,20-,21-,22-,23+/m1/s1. The number of nitrogens with two attached hydrogens (primary N) is 2. The molecule has 1 aromatic carbocycles. The molecule has 2 heterocycles. The van der Waals surface area contributed by atoms with Crippen LogP contribution >= 0.6 is 11.8 Å². The zero-order valence-electron chi connectivity index (χ0n) is 34.9. The van der Waals surface area contributed by atoms with Crippen LogP contribution in [0.15, 0.2) is 35.3 Å². The van der Waals surface area contributed by atoms with Crippen molar-refractivity contribution in [1.29, 1.82) is 5.41 Å². The average Bonchev–Trinajstić information content (AvgIpc) is 3.24. The zero-order chi connectivity index (χ0) is 49.1. The van der Waals surface area contributed by atoms with Gasteiger partial charge in [0, 0.05) is 30.0 Å². The van der Waals surface area contributed by atoms with Gasteiger partial charge in [-0.05, 0) is 49.8 Å². The number of carbonyl (C=O) groups is 9. The molecule has 356 valence electrons. The highest BCUT2D eigenvalue weighted by Gasteiger charge is 2.33. The molecule has 0 saturated carbocycles. The van der Waals surface area contributed by atoms with Crippen molar-refractivity contribution >= 4 is 93.9 Å². The number of hydrogen-bond donors (Lipinski definition) is 15. The minimum absolute atomic E-state index is 0.00272. The highest BCUT2D eigenvalue weighted by atomic mass is 32.2. The van der Waals surface area contributed by atoms with Crippen molar-refractivity contribution in [1.82, 2.24) is 51.8 Å². The second kappa shape index (κ2) is 25.3. The Hall–Kier alpha value is -8.11. The Morgan fingerprint density at radius 1 is 0.773 bits per heavy atom. The zero-order valence-corrected chi connectivity index (χ0v) is 35.7. The van der Waals surface area contributed by atoms with Crippen LogP contribution in [0.25, 0.3) is 11.2 Å². The van der Waals surface area contributed by atoms with Crippen molar-refractivity contribution in [2.45, 2.75) is 75.3 Å². The van der Waals surface area contributed by atoms with Crippen molar-refractivity contribution < 1.29 is 63.6 Å². The Balaban J connectivity index is 1.66. The quantitative estimate of drug-likeness (QED) is 0.0200. The fraction of sp³-hybridized carbons (Fsp3) is 0.405. The monoisotopic (exact) mass is 944 g/mol. The topological polar surface area (TPSA) is 466 Å². The molecule has 0 radical (unpaired) electrons. The summed E-state index contributed by atoms with van der Waals surface area (Å²) in [5.74, 6) is -12.2. The number of anilines is 2. The third-order valence-corrected chi connectivity index (χ3v) is 9.65. The lowest BCUT2D eigenvalue weighted by molar-refractivity contribution is -0.143. The van der Waals surface area contributed by atoms with E-state index in [1.807, 2.05) is 0 Å². The molecule has 5 atom stereocenters. The third-order valence-electron chi connectivity index (χ3n) is 8.98. The number of nitrogens with one attached hydrogen (secondary N) is 9. The summed E-state index contributed by atoms with van der Waals surface area (Å²) in [5.41, 5.74) is 11.2. The molecule has 5 amide bonds. The molecule has 0 unspecified atom stereocenters. The van der Waals surface area contributed by atoms with Crippen molar-refractivity contribution in [3.63, 3.8) is 0 Å². The van der Waals surface area contributed by atoms with E-state index in [-0.39, 0.29) is 54.4 Å². The number of benzene rings is 1. The van der Waals surface area contributed by atoms with Crippen molar-refractivity contribution in [2.75, 3.05) is 29.6 Å². The first-order valence-corrected chi connectivity index (χ1v) is 20.9. The number of guanidine groups is 1. The van der Waals surface area contributed by atoms with E-state index in [2.05, 4.69) is 57.2 Å². The van der Waals surface area contributed by atoms with Gasteiger partial charge in [0.25, 0.3) is 11.5 Å². The largest absolute Gasteiger partial charge is 0.481 e. The second-order valence-electron chi connectivity index (χ2n) is 14.1. The first-order chi connectivity index (χ1) is 31.2. The molecule has 3 rings (SSSR count). The number of aliphatic carboxylic acids is 4. The number of amides is 5. The van der Waals surface area contributed by atoms with E-state index < -0.39 is 121 Å². The molecule has 0 aliphatic carbocycles. The maximum Gasteiger partial charge on any atom is 0.327 e. The number of carboxylic acids is 4. The van der Waals surface area contributed by atoms with Gasteiger partial charge >= 0.3 is 23.9 Å². The predicted octanol–water partition coefficient (Wildman–Crippen LogP) is -3.53. The van der Waals surface area contributed by atoms with E-state index >= 15 is 0 Å². The Bertz CT molecular complexity index is 2370. The van der Waals surface area contributed by atoms with Crippen LogP contribution in [0.3, 0.4) is 0 Å². The normalized spacial score (nSPS) is 13.0. The number of aromatic nitrogens is 4. The van der Waals surface area contributed by atoms with Gasteiger partial charge in [0.05, 0.1) is 31.3 Å². The summed E-state index contributed by atoms with van der Waals surface area (Å²) in [5, 5.41) is 62.0. The van der Waals surface area contributed by atoms with Gasteiger partial charge in [-0.15, -0.1) is 0 Å². The minimum atomic E-state index is -1.88. The van der Waals surface area contributed by atoms with Crippen LogP contribution < -0.4 is 54.2 Å². The number of nitrogen functional groups attached to an aromatic ring is 1. The van der Waals surface area contributed by atoms with E-state index in [0.717, 1.165) is 11.8 Å². The third kappa shape index (κ3) is 17.2. The lowest BCUT2D eigenvalue weighted by atomic mass is 10.1. The van der Waals surface area contributed by atoms with Crippen molar-refractivity contribution in [2.24, 2.45) is 5.73 Å². The molecule has 0 fully saturated rings. The lowest BCUT2D eigenvalue weighted by Crippen LogP contribution is -2.58. The summed E-state index contributed by atoms with van der Waals surface area (Å²) >= 11 is 1.06. The van der Waals surface area contributed by atoms with Gasteiger partial charge in [-0.3, -0.25) is 48.7 Å². The molecule has 0 spiro atoms. The summed E-state index contributed by atoms with van der Waals surface area (Å²) in [6.45, 7) is 0.0865. The number of aromatic amines is 1.